The number of thioether (sulfide) groups is 1. The lowest BCUT2D eigenvalue weighted by atomic mass is 10.0. The third kappa shape index (κ3) is 3.54. The van der Waals surface area contributed by atoms with Gasteiger partial charge in [-0.1, -0.05) is 48.2 Å². The summed E-state index contributed by atoms with van der Waals surface area (Å²) in [5, 5.41) is 12.6. The maximum atomic E-state index is 13.4. The highest BCUT2D eigenvalue weighted by Gasteiger charge is 2.27. The summed E-state index contributed by atoms with van der Waals surface area (Å²) >= 11 is 1.37. The molecule has 0 unspecified atom stereocenters. The summed E-state index contributed by atoms with van der Waals surface area (Å²) in [6.45, 7) is 6.11. The number of hydrogen-bond acceptors (Lipinski definition) is 5. The summed E-state index contributed by atoms with van der Waals surface area (Å²) in [4.78, 5) is 15.2. The molecule has 1 amide bonds. The Morgan fingerprint density at radius 3 is 2.14 bits per heavy atom. The zero-order chi connectivity index (χ0) is 19.7. The molecule has 1 aliphatic rings. The highest BCUT2D eigenvalue weighted by atomic mass is 32.2. The molecule has 0 N–H and O–H groups in total. The van der Waals surface area contributed by atoms with Crippen LogP contribution in [-0.2, 0) is 23.2 Å². The number of aromatic nitrogens is 4. The molecule has 7 heteroatoms. The number of rotatable bonds is 3. The third-order valence-corrected chi connectivity index (χ3v) is 5.68. The normalized spacial score (nSPS) is 13.6. The molecule has 2 aromatic carbocycles. The highest BCUT2D eigenvalue weighted by Crippen LogP contribution is 2.36. The Morgan fingerprint density at radius 2 is 1.57 bits per heavy atom. The van der Waals surface area contributed by atoms with Gasteiger partial charge in [0, 0.05) is 0 Å². The fourth-order valence-corrected chi connectivity index (χ4v) is 4.34. The van der Waals surface area contributed by atoms with Crippen LogP contribution in [0.1, 0.15) is 31.9 Å². The molecular formula is C21H23N5OS. The number of carbonyl (C=O) groups excluding carboxylic acids is 1. The standard InChI is InChI=1S/C21H23N5OS/c1-21(2,3)26-20(22-23-24-26)28-14-19(27)25-17-10-6-4-8-15(17)12-13-16-9-5-7-11-18(16)25/h4-11H,12-14H2,1-3H3. The van der Waals surface area contributed by atoms with E-state index in [9.17, 15) is 4.79 Å². The second kappa shape index (κ2) is 7.39. The monoisotopic (exact) mass is 393 g/mol. The van der Waals surface area contributed by atoms with Gasteiger partial charge in [0.15, 0.2) is 0 Å². The van der Waals surface area contributed by atoms with Crippen molar-refractivity contribution in [3.05, 3.63) is 59.7 Å². The van der Waals surface area contributed by atoms with Gasteiger partial charge in [-0.05, 0) is 67.3 Å². The van der Waals surface area contributed by atoms with E-state index in [1.165, 1.54) is 22.9 Å². The lowest BCUT2D eigenvalue weighted by Gasteiger charge is -2.25. The Labute approximate surface area is 168 Å². The van der Waals surface area contributed by atoms with Crippen molar-refractivity contribution in [2.24, 2.45) is 0 Å². The van der Waals surface area contributed by atoms with Crippen molar-refractivity contribution in [3.63, 3.8) is 0 Å². The minimum absolute atomic E-state index is 0.0234. The number of tetrazole rings is 1. The molecule has 144 valence electrons. The van der Waals surface area contributed by atoms with E-state index in [2.05, 4.69) is 27.7 Å². The Balaban J connectivity index is 1.65. The summed E-state index contributed by atoms with van der Waals surface area (Å²) in [5.41, 5.74) is 4.08. The second-order valence-electron chi connectivity index (χ2n) is 7.82. The Kier molecular flexibility index (Phi) is 4.93. The number of anilines is 2. The molecule has 0 fully saturated rings. The van der Waals surface area contributed by atoms with Crippen LogP contribution in [0, 0.1) is 0 Å². The molecule has 0 saturated heterocycles. The minimum Gasteiger partial charge on any atom is -0.280 e. The van der Waals surface area contributed by atoms with Crippen molar-refractivity contribution in [1.29, 1.82) is 0 Å². The Hall–Kier alpha value is -2.67. The molecular weight excluding hydrogens is 370 g/mol. The molecule has 1 aliphatic heterocycles. The first-order valence-corrected chi connectivity index (χ1v) is 10.3. The van der Waals surface area contributed by atoms with Gasteiger partial charge >= 0.3 is 0 Å². The first kappa shape index (κ1) is 18.7. The zero-order valence-corrected chi connectivity index (χ0v) is 17.1. The summed E-state index contributed by atoms with van der Waals surface area (Å²) in [7, 11) is 0. The zero-order valence-electron chi connectivity index (χ0n) is 16.3. The van der Waals surface area contributed by atoms with Gasteiger partial charge in [0.2, 0.25) is 11.1 Å². The molecule has 4 rings (SSSR count). The summed E-state index contributed by atoms with van der Waals surface area (Å²) < 4.78 is 1.76. The maximum absolute atomic E-state index is 13.4. The predicted octanol–water partition coefficient (Wildman–Crippen LogP) is 3.98. The number of para-hydroxylation sites is 2. The van der Waals surface area contributed by atoms with Crippen LogP contribution in [0.4, 0.5) is 11.4 Å². The largest absolute Gasteiger partial charge is 0.280 e. The Morgan fingerprint density at radius 1 is 1.00 bits per heavy atom. The lowest BCUT2D eigenvalue weighted by molar-refractivity contribution is -0.115. The lowest BCUT2D eigenvalue weighted by Crippen LogP contribution is -2.29. The third-order valence-electron chi connectivity index (χ3n) is 4.78. The van der Waals surface area contributed by atoms with Crippen LogP contribution in [0.3, 0.4) is 0 Å². The fourth-order valence-electron chi connectivity index (χ4n) is 3.43. The van der Waals surface area contributed by atoms with Gasteiger partial charge in [0.1, 0.15) is 0 Å². The van der Waals surface area contributed by atoms with Crippen molar-refractivity contribution in [2.45, 2.75) is 44.3 Å². The van der Waals surface area contributed by atoms with E-state index in [0.29, 0.717) is 5.16 Å². The first-order chi connectivity index (χ1) is 13.4. The van der Waals surface area contributed by atoms with Crippen molar-refractivity contribution >= 4 is 29.0 Å². The SMILES string of the molecule is CC(C)(C)n1nnnc1SCC(=O)N1c2ccccc2CCc2ccccc21. The van der Waals surface area contributed by atoms with Crippen LogP contribution in [0.5, 0.6) is 0 Å². The molecule has 0 atom stereocenters. The van der Waals surface area contributed by atoms with Crippen molar-refractivity contribution < 1.29 is 4.79 Å². The average molecular weight is 394 g/mol. The van der Waals surface area contributed by atoms with E-state index in [1.54, 1.807) is 4.68 Å². The molecule has 1 aromatic heterocycles. The van der Waals surface area contributed by atoms with Gasteiger partial charge in [0.25, 0.3) is 0 Å². The highest BCUT2D eigenvalue weighted by molar-refractivity contribution is 7.99. The van der Waals surface area contributed by atoms with Gasteiger partial charge < -0.3 is 0 Å². The van der Waals surface area contributed by atoms with Crippen molar-refractivity contribution in [1.82, 2.24) is 20.2 Å². The van der Waals surface area contributed by atoms with E-state index in [1.807, 2.05) is 62.1 Å². The minimum atomic E-state index is -0.239. The average Bonchev–Trinajstić information content (AvgIpc) is 3.09. The van der Waals surface area contributed by atoms with Gasteiger partial charge in [-0.15, -0.1) is 5.10 Å². The smallest absolute Gasteiger partial charge is 0.242 e. The summed E-state index contributed by atoms with van der Waals surface area (Å²) in [5.74, 6) is 0.286. The van der Waals surface area contributed by atoms with Crippen molar-refractivity contribution in [2.75, 3.05) is 10.7 Å². The number of fused-ring (bicyclic) bond motifs is 2. The quantitative estimate of drug-likeness (QED) is 0.630. The van der Waals surface area contributed by atoms with E-state index in [4.69, 9.17) is 0 Å². The van der Waals surface area contributed by atoms with Crippen LogP contribution in [0.15, 0.2) is 53.7 Å². The summed E-state index contributed by atoms with van der Waals surface area (Å²) in [6.07, 6.45) is 1.85. The molecule has 28 heavy (non-hydrogen) atoms. The van der Waals surface area contributed by atoms with E-state index < -0.39 is 0 Å². The van der Waals surface area contributed by atoms with E-state index in [0.717, 1.165) is 24.2 Å². The van der Waals surface area contributed by atoms with E-state index >= 15 is 0 Å². The first-order valence-electron chi connectivity index (χ1n) is 9.35. The number of aryl methyl sites for hydroxylation is 2. The number of nitrogens with zero attached hydrogens (tertiary/aromatic N) is 5. The molecule has 0 bridgehead atoms. The van der Waals surface area contributed by atoms with Crippen molar-refractivity contribution in [3.8, 4) is 0 Å². The molecule has 0 aliphatic carbocycles. The van der Waals surface area contributed by atoms with Gasteiger partial charge in [-0.2, -0.15) is 0 Å². The number of carbonyl (C=O) groups is 1. The molecule has 6 nitrogen and oxygen atoms in total. The molecule has 3 aromatic rings. The van der Waals surface area contributed by atoms with Crippen LogP contribution in [0.25, 0.3) is 0 Å². The van der Waals surface area contributed by atoms with E-state index in [-0.39, 0.29) is 17.2 Å². The Bertz CT molecular complexity index is 960. The van der Waals surface area contributed by atoms with Gasteiger partial charge in [0.05, 0.1) is 22.7 Å². The number of benzene rings is 2. The molecule has 2 heterocycles. The number of hydrogen-bond donors (Lipinski definition) is 0. The van der Waals surface area contributed by atoms with Crippen LogP contribution in [0.2, 0.25) is 0 Å². The topological polar surface area (TPSA) is 63.9 Å². The predicted molar refractivity (Wildman–Crippen MR) is 111 cm³/mol. The molecule has 0 saturated carbocycles. The second-order valence-corrected chi connectivity index (χ2v) is 8.76. The maximum Gasteiger partial charge on any atom is 0.242 e. The van der Waals surface area contributed by atoms with Crippen LogP contribution >= 0.6 is 11.8 Å². The van der Waals surface area contributed by atoms with Crippen LogP contribution < -0.4 is 4.90 Å². The van der Waals surface area contributed by atoms with Crippen LogP contribution in [-0.4, -0.2) is 31.9 Å². The molecule has 0 radical (unpaired) electrons. The van der Waals surface area contributed by atoms with Gasteiger partial charge in [-0.3, -0.25) is 9.69 Å². The molecule has 0 spiro atoms. The fraction of sp³-hybridized carbons (Fsp3) is 0.333. The summed E-state index contributed by atoms with van der Waals surface area (Å²) in [6, 6.07) is 16.3. The number of amides is 1. The van der Waals surface area contributed by atoms with Gasteiger partial charge in [-0.25, -0.2) is 4.68 Å².